The van der Waals surface area contributed by atoms with Gasteiger partial charge in [-0.1, -0.05) is 12.5 Å². The normalized spacial score (nSPS) is 20.1. The Morgan fingerprint density at radius 1 is 1.33 bits per heavy atom. The van der Waals surface area contributed by atoms with Crippen molar-refractivity contribution in [3.8, 4) is 0 Å². The van der Waals surface area contributed by atoms with E-state index in [0.717, 1.165) is 19.3 Å². The third kappa shape index (κ3) is 1.47. The quantitative estimate of drug-likeness (QED) is 0.707. The van der Waals surface area contributed by atoms with Crippen LogP contribution in [0.2, 0.25) is 0 Å². The van der Waals surface area contributed by atoms with Crippen molar-refractivity contribution in [3.05, 3.63) is 23.8 Å². The van der Waals surface area contributed by atoms with E-state index in [1.807, 2.05) is 0 Å². The standard InChI is InChI=1S/C13H14N2O3/c16-11(17)8-3-1-4-9-10(8)15-12(18)13(7-14-9)5-2-6-13/h1,3-4,14H,2,5-7H2,(H,15,18)(H,16,17). The Morgan fingerprint density at radius 2 is 2.11 bits per heavy atom. The average molecular weight is 246 g/mol. The molecule has 1 aliphatic carbocycles. The fourth-order valence-corrected chi connectivity index (χ4v) is 2.61. The first-order chi connectivity index (χ1) is 8.62. The van der Waals surface area contributed by atoms with Crippen LogP contribution in [-0.4, -0.2) is 23.5 Å². The van der Waals surface area contributed by atoms with E-state index in [2.05, 4.69) is 10.6 Å². The number of rotatable bonds is 1. The summed E-state index contributed by atoms with van der Waals surface area (Å²) in [4.78, 5) is 23.4. The molecule has 1 aliphatic heterocycles. The largest absolute Gasteiger partial charge is 0.478 e. The zero-order valence-electron chi connectivity index (χ0n) is 9.82. The summed E-state index contributed by atoms with van der Waals surface area (Å²) in [6, 6.07) is 4.97. The van der Waals surface area contributed by atoms with E-state index in [1.165, 1.54) is 6.07 Å². The Hall–Kier alpha value is -2.04. The van der Waals surface area contributed by atoms with Crippen molar-refractivity contribution in [1.82, 2.24) is 0 Å². The van der Waals surface area contributed by atoms with Crippen LogP contribution in [0.4, 0.5) is 11.4 Å². The lowest BCUT2D eigenvalue weighted by Crippen LogP contribution is -2.45. The lowest BCUT2D eigenvalue weighted by Gasteiger charge is -2.38. The van der Waals surface area contributed by atoms with Crippen LogP contribution in [0.15, 0.2) is 18.2 Å². The molecule has 0 radical (unpaired) electrons. The predicted octanol–water partition coefficient (Wildman–Crippen LogP) is 1.92. The summed E-state index contributed by atoms with van der Waals surface area (Å²) in [6.45, 7) is 0.578. The minimum Gasteiger partial charge on any atom is -0.478 e. The first-order valence-electron chi connectivity index (χ1n) is 6.04. The first-order valence-corrected chi connectivity index (χ1v) is 6.04. The number of nitrogens with one attached hydrogen (secondary N) is 2. The van der Waals surface area contributed by atoms with Gasteiger partial charge in [0.05, 0.1) is 22.4 Å². The van der Waals surface area contributed by atoms with Gasteiger partial charge in [-0.25, -0.2) is 4.79 Å². The van der Waals surface area contributed by atoms with E-state index >= 15 is 0 Å². The van der Waals surface area contributed by atoms with Crippen LogP contribution in [0.5, 0.6) is 0 Å². The first kappa shape index (κ1) is 11.1. The SMILES string of the molecule is O=C(O)c1cccc2c1NC(=O)C1(CCC1)CN2. The highest BCUT2D eigenvalue weighted by Gasteiger charge is 2.45. The second kappa shape index (κ2) is 3.73. The van der Waals surface area contributed by atoms with Gasteiger partial charge in [-0.2, -0.15) is 0 Å². The van der Waals surface area contributed by atoms with Crippen molar-refractivity contribution >= 4 is 23.3 Å². The average Bonchev–Trinajstić information content (AvgIpc) is 2.43. The van der Waals surface area contributed by atoms with Crippen molar-refractivity contribution in [3.63, 3.8) is 0 Å². The van der Waals surface area contributed by atoms with E-state index in [-0.39, 0.29) is 16.9 Å². The highest BCUT2D eigenvalue weighted by Crippen LogP contribution is 2.44. The van der Waals surface area contributed by atoms with Crippen molar-refractivity contribution in [2.45, 2.75) is 19.3 Å². The number of carboxylic acids is 1. The van der Waals surface area contributed by atoms with E-state index in [1.54, 1.807) is 12.1 Å². The van der Waals surface area contributed by atoms with Crippen LogP contribution in [0.3, 0.4) is 0 Å². The van der Waals surface area contributed by atoms with Crippen molar-refractivity contribution in [1.29, 1.82) is 0 Å². The number of aromatic carboxylic acids is 1. The Kier molecular flexibility index (Phi) is 2.29. The molecule has 0 atom stereocenters. The number of hydrogen-bond acceptors (Lipinski definition) is 3. The predicted molar refractivity (Wildman–Crippen MR) is 66.8 cm³/mol. The molecule has 0 saturated heterocycles. The lowest BCUT2D eigenvalue weighted by atomic mass is 9.68. The molecule has 1 aromatic rings. The summed E-state index contributed by atoms with van der Waals surface area (Å²) in [7, 11) is 0. The highest BCUT2D eigenvalue weighted by molar-refractivity contribution is 6.07. The summed E-state index contributed by atoms with van der Waals surface area (Å²) in [5.74, 6) is -1.09. The molecule has 1 heterocycles. The Balaban J connectivity index is 2.03. The smallest absolute Gasteiger partial charge is 0.337 e. The molecule has 3 N–H and O–H groups in total. The fourth-order valence-electron chi connectivity index (χ4n) is 2.61. The number of hydrogen-bond donors (Lipinski definition) is 3. The minimum absolute atomic E-state index is 0.0614. The van der Waals surface area contributed by atoms with Gasteiger partial charge < -0.3 is 15.7 Å². The molecule has 5 nitrogen and oxygen atoms in total. The third-order valence-electron chi connectivity index (χ3n) is 3.94. The van der Waals surface area contributed by atoms with E-state index in [4.69, 9.17) is 5.11 Å². The second-order valence-electron chi connectivity index (χ2n) is 4.97. The van der Waals surface area contributed by atoms with Gasteiger partial charge in [-0.15, -0.1) is 0 Å². The van der Waals surface area contributed by atoms with Crippen molar-refractivity contribution < 1.29 is 14.7 Å². The molecule has 18 heavy (non-hydrogen) atoms. The Labute approximate surface area is 104 Å². The van der Waals surface area contributed by atoms with Crippen LogP contribution in [0, 0.1) is 5.41 Å². The summed E-state index contributed by atoms with van der Waals surface area (Å²) in [5, 5.41) is 15.1. The van der Waals surface area contributed by atoms with Gasteiger partial charge in [0.15, 0.2) is 0 Å². The van der Waals surface area contributed by atoms with E-state index < -0.39 is 5.97 Å². The monoisotopic (exact) mass is 246 g/mol. The number of anilines is 2. The maximum absolute atomic E-state index is 12.2. The van der Waals surface area contributed by atoms with Gasteiger partial charge in [0.25, 0.3) is 0 Å². The summed E-state index contributed by atoms with van der Waals surface area (Å²) >= 11 is 0. The van der Waals surface area contributed by atoms with Crippen LogP contribution in [0.1, 0.15) is 29.6 Å². The summed E-state index contributed by atoms with van der Waals surface area (Å²) < 4.78 is 0. The molecular weight excluding hydrogens is 232 g/mol. The Morgan fingerprint density at radius 3 is 2.72 bits per heavy atom. The molecule has 0 bridgehead atoms. The molecule has 2 aliphatic rings. The molecule has 1 saturated carbocycles. The molecule has 1 amide bonds. The summed E-state index contributed by atoms with van der Waals surface area (Å²) in [6.07, 6.45) is 2.78. The van der Waals surface area contributed by atoms with Crippen molar-refractivity contribution in [2.24, 2.45) is 5.41 Å². The van der Waals surface area contributed by atoms with Crippen LogP contribution < -0.4 is 10.6 Å². The van der Waals surface area contributed by atoms with Crippen LogP contribution in [-0.2, 0) is 4.79 Å². The van der Waals surface area contributed by atoms with Gasteiger partial charge in [0, 0.05) is 6.54 Å². The lowest BCUT2D eigenvalue weighted by molar-refractivity contribution is -0.129. The van der Waals surface area contributed by atoms with E-state index in [9.17, 15) is 9.59 Å². The number of benzene rings is 1. The molecule has 1 spiro atoms. The number of amides is 1. The minimum atomic E-state index is -1.03. The maximum atomic E-state index is 12.2. The molecule has 0 aromatic heterocycles. The van der Waals surface area contributed by atoms with Gasteiger partial charge in [0.2, 0.25) is 5.91 Å². The fraction of sp³-hybridized carbons (Fsp3) is 0.385. The zero-order chi connectivity index (χ0) is 12.8. The molecule has 0 unspecified atom stereocenters. The number of para-hydroxylation sites is 1. The van der Waals surface area contributed by atoms with Gasteiger partial charge in [-0.3, -0.25) is 4.79 Å². The molecule has 1 aromatic carbocycles. The number of carbonyl (C=O) groups excluding carboxylic acids is 1. The van der Waals surface area contributed by atoms with Crippen LogP contribution in [0.25, 0.3) is 0 Å². The zero-order valence-corrected chi connectivity index (χ0v) is 9.82. The molecular formula is C13H14N2O3. The number of carbonyl (C=O) groups is 2. The Bertz CT molecular complexity index is 535. The van der Waals surface area contributed by atoms with Crippen molar-refractivity contribution in [2.75, 3.05) is 17.2 Å². The van der Waals surface area contributed by atoms with Crippen LogP contribution >= 0.6 is 0 Å². The second-order valence-corrected chi connectivity index (χ2v) is 4.97. The van der Waals surface area contributed by atoms with Gasteiger partial charge >= 0.3 is 5.97 Å². The molecule has 5 heteroatoms. The molecule has 94 valence electrons. The number of fused-ring (bicyclic) bond motifs is 1. The summed E-state index contributed by atoms with van der Waals surface area (Å²) in [5.41, 5.74) is 0.852. The van der Waals surface area contributed by atoms with Gasteiger partial charge in [-0.05, 0) is 25.0 Å². The van der Waals surface area contributed by atoms with Gasteiger partial charge in [0.1, 0.15) is 0 Å². The van der Waals surface area contributed by atoms with E-state index in [0.29, 0.717) is 17.9 Å². The topological polar surface area (TPSA) is 78.4 Å². The molecule has 3 rings (SSSR count). The highest BCUT2D eigenvalue weighted by atomic mass is 16.4. The third-order valence-corrected chi connectivity index (χ3v) is 3.94. The number of carboxylic acid groups (broad SMARTS) is 1. The molecule has 1 fully saturated rings. The maximum Gasteiger partial charge on any atom is 0.337 e.